The first-order valence-electron chi connectivity index (χ1n) is 7.93. The largest absolute Gasteiger partial charge is 0.436 e. The molecule has 0 bridgehead atoms. The van der Waals surface area contributed by atoms with E-state index in [-0.39, 0.29) is 12.2 Å². The lowest BCUT2D eigenvalue weighted by Gasteiger charge is -2.14. The van der Waals surface area contributed by atoms with Gasteiger partial charge in [-0.15, -0.1) is 0 Å². The number of alkyl halides is 3. The fourth-order valence-corrected chi connectivity index (χ4v) is 3.06. The number of aryl methyl sites for hydroxylation is 2. The SMILES string of the molecule is Cc1nn(CCCNC(=O)C(C)n2nc(C(F)(F)F)c(Cl)c2C)c(Cl)c1Cl. The molecule has 0 saturated heterocycles. The van der Waals surface area contributed by atoms with Gasteiger partial charge in [-0.3, -0.25) is 14.2 Å². The van der Waals surface area contributed by atoms with Crippen LogP contribution in [0.25, 0.3) is 0 Å². The molecule has 27 heavy (non-hydrogen) atoms. The Bertz CT molecular complexity index is 847. The van der Waals surface area contributed by atoms with Gasteiger partial charge in [0, 0.05) is 13.1 Å². The summed E-state index contributed by atoms with van der Waals surface area (Å²) in [7, 11) is 0. The molecule has 2 aromatic heterocycles. The Balaban J connectivity index is 1.95. The molecule has 1 atom stereocenters. The van der Waals surface area contributed by atoms with E-state index in [9.17, 15) is 18.0 Å². The van der Waals surface area contributed by atoms with Crippen LogP contribution >= 0.6 is 34.8 Å². The molecule has 0 spiro atoms. The van der Waals surface area contributed by atoms with Crippen LogP contribution in [0.5, 0.6) is 0 Å². The lowest BCUT2D eigenvalue weighted by molar-refractivity contribution is -0.141. The van der Waals surface area contributed by atoms with E-state index in [2.05, 4.69) is 15.5 Å². The molecular formula is C15H17Cl3F3N5O. The Labute approximate surface area is 168 Å². The van der Waals surface area contributed by atoms with Gasteiger partial charge >= 0.3 is 6.18 Å². The summed E-state index contributed by atoms with van der Waals surface area (Å²) in [6.07, 6.45) is -4.19. The second kappa shape index (κ2) is 8.28. The third-order valence-electron chi connectivity index (χ3n) is 3.93. The number of halogens is 6. The highest BCUT2D eigenvalue weighted by molar-refractivity contribution is 6.41. The lowest BCUT2D eigenvalue weighted by atomic mass is 10.3. The Morgan fingerprint density at radius 3 is 2.30 bits per heavy atom. The monoisotopic (exact) mass is 445 g/mol. The van der Waals surface area contributed by atoms with Crippen molar-refractivity contribution in [3.05, 3.63) is 32.3 Å². The van der Waals surface area contributed by atoms with E-state index in [1.54, 1.807) is 6.92 Å². The summed E-state index contributed by atoms with van der Waals surface area (Å²) in [5.74, 6) is -0.480. The Hall–Kier alpha value is -1.45. The zero-order valence-electron chi connectivity index (χ0n) is 14.7. The molecule has 0 radical (unpaired) electrons. The lowest BCUT2D eigenvalue weighted by Crippen LogP contribution is -2.33. The molecule has 12 heteroatoms. The minimum atomic E-state index is -4.69. The summed E-state index contributed by atoms with van der Waals surface area (Å²) < 4.78 is 41.2. The van der Waals surface area contributed by atoms with Gasteiger partial charge in [-0.25, -0.2) is 0 Å². The molecule has 0 aliphatic rings. The molecule has 6 nitrogen and oxygen atoms in total. The van der Waals surface area contributed by atoms with Crippen molar-refractivity contribution in [3.8, 4) is 0 Å². The molecule has 0 fully saturated rings. The standard InChI is InChI=1S/C15H17Cl3F3N5O/c1-7-10(16)13(18)25(23-7)6-4-5-22-14(27)9(3)26-8(2)11(17)12(24-26)15(19,20)21/h9H,4-6H2,1-3H3,(H,22,27). The number of aromatic nitrogens is 4. The van der Waals surface area contributed by atoms with E-state index in [0.29, 0.717) is 28.8 Å². The average Bonchev–Trinajstić information content (AvgIpc) is 3.02. The van der Waals surface area contributed by atoms with Crippen molar-refractivity contribution in [2.75, 3.05) is 6.54 Å². The highest BCUT2D eigenvalue weighted by Gasteiger charge is 2.39. The fraction of sp³-hybridized carbons (Fsp3) is 0.533. The number of hydrogen-bond acceptors (Lipinski definition) is 3. The molecule has 1 unspecified atom stereocenters. The molecule has 0 aromatic carbocycles. The van der Waals surface area contributed by atoms with E-state index in [0.717, 1.165) is 4.68 Å². The van der Waals surface area contributed by atoms with Crippen molar-refractivity contribution in [1.82, 2.24) is 24.9 Å². The maximum absolute atomic E-state index is 12.9. The van der Waals surface area contributed by atoms with E-state index >= 15 is 0 Å². The summed E-state index contributed by atoms with van der Waals surface area (Å²) in [6.45, 7) is 5.24. The highest BCUT2D eigenvalue weighted by atomic mass is 35.5. The summed E-state index contributed by atoms with van der Waals surface area (Å²) in [5, 5.41) is 10.4. The van der Waals surface area contributed by atoms with Gasteiger partial charge in [-0.1, -0.05) is 34.8 Å². The second-order valence-electron chi connectivity index (χ2n) is 5.92. The molecular weight excluding hydrogens is 430 g/mol. The molecule has 2 rings (SSSR count). The van der Waals surface area contributed by atoms with Crippen LogP contribution in [-0.2, 0) is 17.5 Å². The van der Waals surface area contributed by atoms with Crippen LogP contribution in [0.3, 0.4) is 0 Å². The summed E-state index contributed by atoms with van der Waals surface area (Å²) in [4.78, 5) is 12.2. The van der Waals surface area contributed by atoms with Crippen LogP contribution in [0.2, 0.25) is 15.2 Å². The number of rotatable bonds is 6. The molecule has 0 aliphatic heterocycles. The minimum Gasteiger partial charge on any atom is -0.354 e. The molecule has 1 N–H and O–H groups in total. The molecule has 0 aliphatic carbocycles. The van der Waals surface area contributed by atoms with Gasteiger partial charge in [0.2, 0.25) is 5.91 Å². The quantitative estimate of drug-likeness (QED) is 0.667. The van der Waals surface area contributed by atoms with Crippen LogP contribution in [0.1, 0.15) is 36.5 Å². The number of carbonyl (C=O) groups is 1. The topological polar surface area (TPSA) is 64.7 Å². The Kier molecular flexibility index (Phi) is 6.70. The van der Waals surface area contributed by atoms with Crippen molar-refractivity contribution in [2.24, 2.45) is 0 Å². The van der Waals surface area contributed by atoms with Crippen molar-refractivity contribution < 1.29 is 18.0 Å². The third-order valence-corrected chi connectivity index (χ3v) is 5.32. The molecule has 2 heterocycles. The number of carbonyl (C=O) groups excluding carboxylic acids is 1. The maximum atomic E-state index is 12.9. The van der Waals surface area contributed by atoms with E-state index < -0.39 is 28.8 Å². The number of hydrogen-bond donors (Lipinski definition) is 1. The van der Waals surface area contributed by atoms with Gasteiger partial charge in [0.15, 0.2) is 5.69 Å². The van der Waals surface area contributed by atoms with Crippen molar-refractivity contribution >= 4 is 40.7 Å². The van der Waals surface area contributed by atoms with Crippen molar-refractivity contribution in [3.63, 3.8) is 0 Å². The number of nitrogens with zero attached hydrogens (tertiary/aromatic N) is 4. The Morgan fingerprint density at radius 2 is 1.81 bits per heavy atom. The van der Waals surface area contributed by atoms with Gasteiger partial charge in [-0.2, -0.15) is 23.4 Å². The van der Waals surface area contributed by atoms with Gasteiger partial charge in [-0.05, 0) is 27.2 Å². The summed E-state index contributed by atoms with van der Waals surface area (Å²) in [6, 6.07) is -0.955. The maximum Gasteiger partial charge on any atom is 0.436 e. The van der Waals surface area contributed by atoms with Crippen LogP contribution < -0.4 is 5.32 Å². The van der Waals surface area contributed by atoms with Crippen LogP contribution in [-0.4, -0.2) is 32.0 Å². The zero-order chi connectivity index (χ0) is 20.5. The van der Waals surface area contributed by atoms with E-state index in [1.165, 1.54) is 18.5 Å². The molecule has 150 valence electrons. The first-order valence-corrected chi connectivity index (χ1v) is 9.06. The van der Waals surface area contributed by atoms with Gasteiger partial charge in [0.1, 0.15) is 16.2 Å². The predicted octanol–water partition coefficient (Wildman–Crippen LogP) is 4.44. The van der Waals surface area contributed by atoms with Crippen LogP contribution in [0, 0.1) is 13.8 Å². The second-order valence-corrected chi connectivity index (χ2v) is 7.04. The third kappa shape index (κ3) is 4.70. The van der Waals surface area contributed by atoms with Gasteiger partial charge < -0.3 is 5.32 Å². The summed E-state index contributed by atoms with van der Waals surface area (Å²) >= 11 is 17.7. The first-order chi connectivity index (χ1) is 12.4. The minimum absolute atomic E-state index is 0.0695. The normalized spacial score (nSPS) is 13.1. The highest BCUT2D eigenvalue weighted by Crippen LogP contribution is 2.36. The van der Waals surface area contributed by atoms with Crippen molar-refractivity contribution in [2.45, 2.75) is 46.0 Å². The smallest absolute Gasteiger partial charge is 0.354 e. The fourth-order valence-electron chi connectivity index (χ4n) is 2.44. The van der Waals surface area contributed by atoms with E-state index in [1.807, 2.05) is 0 Å². The van der Waals surface area contributed by atoms with Crippen LogP contribution in [0.4, 0.5) is 13.2 Å². The molecule has 2 aromatic rings. The first kappa shape index (κ1) is 21.8. The average molecular weight is 447 g/mol. The Morgan fingerprint density at radius 1 is 1.19 bits per heavy atom. The molecule has 1 amide bonds. The zero-order valence-corrected chi connectivity index (χ0v) is 16.9. The molecule has 0 saturated carbocycles. The van der Waals surface area contributed by atoms with Gasteiger partial charge in [0.05, 0.1) is 16.4 Å². The number of amides is 1. The van der Waals surface area contributed by atoms with E-state index in [4.69, 9.17) is 34.8 Å². The van der Waals surface area contributed by atoms with Crippen LogP contribution in [0.15, 0.2) is 0 Å². The number of nitrogens with one attached hydrogen (secondary N) is 1. The van der Waals surface area contributed by atoms with Gasteiger partial charge in [0.25, 0.3) is 0 Å². The summed E-state index contributed by atoms with van der Waals surface area (Å²) in [5.41, 5.74) is -0.534. The van der Waals surface area contributed by atoms with Crippen molar-refractivity contribution in [1.29, 1.82) is 0 Å². The predicted molar refractivity (Wildman–Crippen MR) is 96.3 cm³/mol.